The first-order valence-corrected chi connectivity index (χ1v) is 9.81. The third-order valence-corrected chi connectivity index (χ3v) is 4.99. The number of hydrogen-bond acceptors (Lipinski definition) is 4. The van der Waals surface area contributed by atoms with E-state index in [1.54, 1.807) is 12.4 Å². The quantitative estimate of drug-likeness (QED) is 0.480. The van der Waals surface area contributed by atoms with Crippen LogP contribution in [0.25, 0.3) is 28.6 Å². The van der Waals surface area contributed by atoms with E-state index >= 15 is 0 Å². The van der Waals surface area contributed by atoms with Crippen LogP contribution in [0.1, 0.15) is 42.4 Å². The summed E-state index contributed by atoms with van der Waals surface area (Å²) in [5, 5.41) is 0. The van der Waals surface area contributed by atoms with Gasteiger partial charge in [0.2, 0.25) is 0 Å². The molecule has 2 aromatic carbocycles. The van der Waals surface area contributed by atoms with Crippen LogP contribution in [0.15, 0.2) is 61.4 Å². The van der Waals surface area contributed by atoms with Gasteiger partial charge in [-0.25, -0.2) is 9.97 Å². The fourth-order valence-electron chi connectivity index (χ4n) is 3.57. The van der Waals surface area contributed by atoms with Crippen molar-refractivity contribution in [3.05, 3.63) is 78.1 Å². The molecular formula is C25H26N2O2. The summed E-state index contributed by atoms with van der Waals surface area (Å²) in [7, 11) is 1.41. The highest BCUT2D eigenvalue weighted by atomic mass is 16.5. The Kier molecular flexibility index (Phi) is 6.55. The van der Waals surface area contributed by atoms with E-state index < -0.39 is 0 Å². The second-order valence-electron chi connectivity index (χ2n) is 7.05. The summed E-state index contributed by atoms with van der Waals surface area (Å²) < 4.78 is 4.94. The number of benzene rings is 2. The van der Waals surface area contributed by atoms with Gasteiger partial charge in [-0.1, -0.05) is 62.4 Å². The zero-order chi connectivity index (χ0) is 20.8. The number of aromatic nitrogens is 2. The van der Waals surface area contributed by atoms with Gasteiger partial charge in [-0.05, 0) is 41.7 Å². The zero-order valence-corrected chi connectivity index (χ0v) is 17.2. The molecule has 29 heavy (non-hydrogen) atoms. The molecule has 0 amide bonds. The minimum Gasteiger partial charge on any atom is -0.469 e. The van der Waals surface area contributed by atoms with E-state index in [0.717, 1.165) is 39.8 Å². The van der Waals surface area contributed by atoms with Gasteiger partial charge in [0, 0.05) is 23.5 Å². The van der Waals surface area contributed by atoms with Gasteiger partial charge < -0.3 is 4.74 Å². The van der Waals surface area contributed by atoms with Crippen molar-refractivity contribution in [3.8, 4) is 22.5 Å². The van der Waals surface area contributed by atoms with E-state index in [4.69, 9.17) is 4.74 Å². The number of nitrogens with zero attached hydrogens (tertiary/aromatic N) is 2. The number of carbonyl (C=O) groups excluding carboxylic acids is 1. The van der Waals surface area contributed by atoms with Crippen LogP contribution in [0.4, 0.5) is 0 Å². The molecule has 0 saturated heterocycles. The Morgan fingerprint density at radius 3 is 2.38 bits per heavy atom. The molecule has 0 radical (unpaired) electrons. The largest absolute Gasteiger partial charge is 0.469 e. The second kappa shape index (κ2) is 9.28. The molecule has 0 fully saturated rings. The fraction of sp³-hybridized carbons (Fsp3) is 0.240. The summed E-state index contributed by atoms with van der Waals surface area (Å²) in [6.45, 7) is 8.12. The maximum absolute atomic E-state index is 12.1. The third-order valence-electron chi connectivity index (χ3n) is 4.99. The van der Waals surface area contributed by atoms with Gasteiger partial charge in [-0.2, -0.15) is 0 Å². The predicted molar refractivity (Wildman–Crippen MR) is 117 cm³/mol. The zero-order valence-electron chi connectivity index (χ0n) is 17.2. The minimum absolute atomic E-state index is 0.253. The summed E-state index contributed by atoms with van der Waals surface area (Å²) in [5.41, 5.74) is 6.04. The van der Waals surface area contributed by atoms with E-state index in [9.17, 15) is 4.79 Å². The molecule has 1 unspecified atom stereocenters. The molecule has 0 N–H and O–H groups in total. The summed E-state index contributed by atoms with van der Waals surface area (Å²) >= 11 is 0. The van der Waals surface area contributed by atoms with Crippen molar-refractivity contribution in [1.29, 1.82) is 0 Å². The average Bonchev–Trinajstić information content (AvgIpc) is 2.77. The number of carbonyl (C=O) groups is 1. The molecule has 0 aliphatic rings. The van der Waals surface area contributed by atoms with Crippen molar-refractivity contribution >= 4 is 12.0 Å². The van der Waals surface area contributed by atoms with Crippen molar-refractivity contribution in [1.82, 2.24) is 9.97 Å². The molecule has 0 spiro atoms. The van der Waals surface area contributed by atoms with Gasteiger partial charge in [0.1, 0.15) is 0 Å². The standard InChI is InChI=1S/C25H26N2O2/c1-5-10-21(25(28)29-4)19-15-26-24(27-16-19)23-14-17(3)13-22(20(23)6-2)18-11-8-7-9-12-18/h6-9,11-16,21H,2,5,10H2,1,3-4H3. The topological polar surface area (TPSA) is 52.1 Å². The maximum atomic E-state index is 12.1. The first-order valence-electron chi connectivity index (χ1n) is 9.81. The van der Waals surface area contributed by atoms with Gasteiger partial charge in [0.05, 0.1) is 13.0 Å². The number of ether oxygens (including phenoxy) is 1. The average molecular weight is 386 g/mol. The molecule has 3 rings (SSSR count). The Morgan fingerprint density at radius 1 is 1.14 bits per heavy atom. The molecule has 148 valence electrons. The van der Waals surface area contributed by atoms with Gasteiger partial charge in [0.15, 0.2) is 5.82 Å². The van der Waals surface area contributed by atoms with Gasteiger partial charge >= 0.3 is 5.97 Å². The lowest BCUT2D eigenvalue weighted by molar-refractivity contribution is -0.142. The van der Waals surface area contributed by atoms with Crippen LogP contribution in [0.3, 0.4) is 0 Å². The molecule has 1 aromatic heterocycles. The molecule has 3 aromatic rings. The monoisotopic (exact) mass is 386 g/mol. The fourth-order valence-corrected chi connectivity index (χ4v) is 3.57. The predicted octanol–water partition coefficient (Wildman–Crippen LogP) is 5.82. The minimum atomic E-state index is -0.338. The Balaban J connectivity index is 2.06. The lowest BCUT2D eigenvalue weighted by Crippen LogP contribution is -2.15. The highest BCUT2D eigenvalue weighted by Crippen LogP contribution is 2.33. The van der Waals surface area contributed by atoms with Crippen LogP contribution in [0, 0.1) is 6.92 Å². The van der Waals surface area contributed by atoms with Gasteiger partial charge in [-0.15, -0.1) is 0 Å². The molecule has 0 bridgehead atoms. The molecule has 1 atom stereocenters. The van der Waals surface area contributed by atoms with E-state index in [2.05, 4.69) is 47.7 Å². The molecule has 0 saturated carbocycles. The first-order chi connectivity index (χ1) is 14.1. The molecule has 0 aliphatic carbocycles. The summed E-state index contributed by atoms with van der Waals surface area (Å²) in [5.74, 6) is 0.0249. The second-order valence-corrected chi connectivity index (χ2v) is 7.05. The normalized spacial score (nSPS) is 11.7. The van der Waals surface area contributed by atoms with E-state index in [1.165, 1.54) is 7.11 Å². The van der Waals surface area contributed by atoms with Gasteiger partial charge in [-0.3, -0.25) is 4.79 Å². The molecule has 0 aliphatic heterocycles. The molecular weight excluding hydrogens is 360 g/mol. The first kappa shape index (κ1) is 20.5. The van der Waals surface area contributed by atoms with Crippen LogP contribution in [0.5, 0.6) is 0 Å². The van der Waals surface area contributed by atoms with Crippen molar-refractivity contribution in [2.45, 2.75) is 32.6 Å². The van der Waals surface area contributed by atoms with Crippen molar-refractivity contribution in [3.63, 3.8) is 0 Å². The number of hydrogen-bond donors (Lipinski definition) is 0. The Bertz CT molecular complexity index is 995. The van der Waals surface area contributed by atoms with Crippen molar-refractivity contribution < 1.29 is 9.53 Å². The summed E-state index contributed by atoms with van der Waals surface area (Å²) in [6.07, 6.45) is 6.90. The highest BCUT2D eigenvalue weighted by Gasteiger charge is 2.22. The smallest absolute Gasteiger partial charge is 0.313 e. The summed E-state index contributed by atoms with van der Waals surface area (Å²) in [6, 6.07) is 14.4. The van der Waals surface area contributed by atoms with Crippen LogP contribution in [-0.2, 0) is 9.53 Å². The van der Waals surface area contributed by atoms with Crippen molar-refractivity contribution in [2.75, 3.05) is 7.11 Å². The SMILES string of the molecule is C=Cc1c(-c2ccccc2)cc(C)cc1-c1ncc(C(CCC)C(=O)OC)cn1. The van der Waals surface area contributed by atoms with Gasteiger partial charge in [0.25, 0.3) is 0 Å². The Morgan fingerprint density at radius 2 is 1.79 bits per heavy atom. The van der Waals surface area contributed by atoms with Crippen LogP contribution in [-0.4, -0.2) is 23.0 Å². The molecule has 1 heterocycles. The Labute approximate surface area is 172 Å². The van der Waals surface area contributed by atoms with Crippen LogP contribution < -0.4 is 0 Å². The number of esters is 1. The van der Waals surface area contributed by atoms with E-state index in [1.807, 2.05) is 31.2 Å². The lowest BCUT2D eigenvalue weighted by atomic mass is 9.92. The number of aryl methyl sites for hydroxylation is 1. The third kappa shape index (κ3) is 4.43. The molecule has 4 nitrogen and oxygen atoms in total. The van der Waals surface area contributed by atoms with E-state index in [-0.39, 0.29) is 11.9 Å². The summed E-state index contributed by atoms with van der Waals surface area (Å²) in [4.78, 5) is 21.3. The number of rotatable bonds is 7. The highest BCUT2D eigenvalue weighted by molar-refractivity contribution is 5.85. The van der Waals surface area contributed by atoms with E-state index in [0.29, 0.717) is 12.2 Å². The van der Waals surface area contributed by atoms with Crippen LogP contribution in [0.2, 0.25) is 0 Å². The van der Waals surface area contributed by atoms with Crippen molar-refractivity contribution in [2.24, 2.45) is 0 Å². The van der Waals surface area contributed by atoms with Crippen LogP contribution >= 0.6 is 0 Å². The number of methoxy groups -OCH3 is 1. The maximum Gasteiger partial charge on any atom is 0.313 e. The lowest BCUT2D eigenvalue weighted by Gasteiger charge is -2.15. The Hall–Kier alpha value is -3.27. The molecule has 4 heteroatoms.